The highest BCUT2D eigenvalue weighted by molar-refractivity contribution is 7.16. The van der Waals surface area contributed by atoms with Crippen LogP contribution in [0.4, 0.5) is 0 Å². The molecule has 0 N–H and O–H groups in total. The Labute approximate surface area is 152 Å². The van der Waals surface area contributed by atoms with E-state index in [1.807, 2.05) is 23.7 Å². The molecule has 2 heterocycles. The smallest absolute Gasteiger partial charge is 0.279 e. The number of carbonyl (C=O) groups excluding carboxylic acids is 1. The molecule has 0 spiro atoms. The number of hydrogen-bond donors (Lipinski definition) is 0. The molecule has 26 heavy (non-hydrogen) atoms. The van der Waals surface area contributed by atoms with Crippen LogP contribution in [-0.4, -0.2) is 17.3 Å². The van der Waals surface area contributed by atoms with Gasteiger partial charge >= 0.3 is 0 Å². The van der Waals surface area contributed by atoms with Crippen molar-refractivity contribution in [2.24, 2.45) is 12.0 Å². The van der Waals surface area contributed by atoms with Crippen molar-refractivity contribution in [2.75, 3.05) is 6.79 Å². The molecule has 6 heteroatoms. The first-order valence-electron chi connectivity index (χ1n) is 8.17. The van der Waals surface area contributed by atoms with Gasteiger partial charge in [0, 0.05) is 18.0 Å². The monoisotopic (exact) mass is 362 g/mol. The van der Waals surface area contributed by atoms with Crippen molar-refractivity contribution in [2.45, 2.75) is 0 Å². The first kappa shape index (κ1) is 15.2. The van der Waals surface area contributed by atoms with Gasteiger partial charge in [0.05, 0.1) is 10.2 Å². The van der Waals surface area contributed by atoms with E-state index in [4.69, 9.17) is 9.47 Å². The van der Waals surface area contributed by atoms with Crippen molar-refractivity contribution in [3.8, 4) is 11.5 Å². The van der Waals surface area contributed by atoms with E-state index < -0.39 is 0 Å². The average Bonchev–Trinajstić information content (AvgIpc) is 3.26. The minimum absolute atomic E-state index is 0.183. The molecule has 0 atom stereocenters. The third-order valence-corrected chi connectivity index (χ3v) is 5.60. The fraction of sp³-hybridized carbons (Fsp3) is 0.100. The summed E-state index contributed by atoms with van der Waals surface area (Å²) in [5, 5.41) is 2.32. The number of amides is 1. The lowest BCUT2D eigenvalue weighted by atomic mass is 10.1. The summed E-state index contributed by atoms with van der Waals surface area (Å²) in [5.41, 5.74) is 1.57. The van der Waals surface area contributed by atoms with Gasteiger partial charge in [0.2, 0.25) is 6.79 Å². The van der Waals surface area contributed by atoms with Crippen LogP contribution < -0.4 is 14.3 Å². The zero-order chi connectivity index (χ0) is 17.7. The van der Waals surface area contributed by atoms with Crippen molar-refractivity contribution in [3.05, 3.63) is 65.0 Å². The zero-order valence-electron chi connectivity index (χ0n) is 13.9. The van der Waals surface area contributed by atoms with Crippen LogP contribution in [0.25, 0.3) is 21.0 Å². The maximum Gasteiger partial charge on any atom is 0.279 e. The first-order chi connectivity index (χ1) is 12.7. The standard InChI is InChI=1S/C20H14N2O3S/c1-22-18-14-5-3-2-4-12(14)7-9-17(18)26-20(22)21-19(23)13-6-8-15-16(10-13)25-11-24-15/h2-10H,11H2,1H3. The number of nitrogens with zero attached hydrogens (tertiary/aromatic N) is 2. The van der Waals surface area contributed by atoms with Crippen LogP contribution in [0.3, 0.4) is 0 Å². The SMILES string of the molecule is Cn1c(=NC(=O)c2ccc3c(c2)OCO3)sc2ccc3ccccc3c21. The molecule has 0 radical (unpaired) electrons. The number of thiazole rings is 1. The topological polar surface area (TPSA) is 52.8 Å². The third kappa shape index (κ3) is 2.30. The van der Waals surface area contributed by atoms with E-state index in [9.17, 15) is 4.79 Å². The predicted octanol–water partition coefficient (Wildman–Crippen LogP) is 3.86. The molecule has 1 aliphatic heterocycles. The highest BCUT2D eigenvalue weighted by Gasteiger charge is 2.16. The number of aromatic nitrogens is 1. The summed E-state index contributed by atoms with van der Waals surface area (Å²) in [6.45, 7) is 0.183. The van der Waals surface area contributed by atoms with E-state index in [1.165, 1.54) is 16.7 Å². The van der Waals surface area contributed by atoms with Gasteiger partial charge in [-0.3, -0.25) is 4.79 Å². The summed E-state index contributed by atoms with van der Waals surface area (Å²) in [6, 6.07) is 17.5. The number of carbonyl (C=O) groups is 1. The lowest BCUT2D eigenvalue weighted by molar-refractivity contribution is 0.0997. The maximum absolute atomic E-state index is 12.6. The molecule has 5 nitrogen and oxygen atoms in total. The summed E-state index contributed by atoms with van der Waals surface area (Å²) in [4.78, 5) is 17.6. The van der Waals surface area contributed by atoms with Gasteiger partial charge in [-0.15, -0.1) is 0 Å². The average molecular weight is 362 g/mol. The Morgan fingerprint density at radius 3 is 2.85 bits per heavy atom. The van der Waals surface area contributed by atoms with E-state index in [2.05, 4.69) is 29.3 Å². The second kappa shape index (κ2) is 5.71. The predicted molar refractivity (Wildman–Crippen MR) is 101 cm³/mol. The lowest BCUT2D eigenvalue weighted by Crippen LogP contribution is -2.13. The first-order valence-corrected chi connectivity index (χ1v) is 8.98. The molecule has 1 amide bonds. The molecule has 0 saturated carbocycles. The number of benzene rings is 3. The Bertz CT molecular complexity index is 1250. The van der Waals surface area contributed by atoms with Gasteiger partial charge in [-0.1, -0.05) is 41.7 Å². The van der Waals surface area contributed by atoms with Crippen LogP contribution in [0, 0.1) is 0 Å². The van der Waals surface area contributed by atoms with Crippen molar-refractivity contribution in [3.63, 3.8) is 0 Å². The molecule has 4 aromatic rings. The van der Waals surface area contributed by atoms with Gasteiger partial charge in [-0.25, -0.2) is 0 Å². The second-order valence-corrected chi connectivity index (χ2v) is 7.07. The fourth-order valence-electron chi connectivity index (χ4n) is 3.20. The molecule has 1 aliphatic rings. The Hall–Kier alpha value is -3.12. The van der Waals surface area contributed by atoms with Gasteiger partial charge in [0.1, 0.15) is 0 Å². The summed E-state index contributed by atoms with van der Waals surface area (Å²) in [5.74, 6) is 0.938. The Morgan fingerprint density at radius 2 is 1.92 bits per heavy atom. The quantitative estimate of drug-likeness (QED) is 0.517. The number of ether oxygens (including phenoxy) is 2. The number of hydrogen-bond acceptors (Lipinski definition) is 4. The number of fused-ring (bicyclic) bond motifs is 4. The van der Waals surface area contributed by atoms with E-state index in [0.717, 1.165) is 15.6 Å². The highest BCUT2D eigenvalue weighted by Crippen LogP contribution is 2.32. The van der Waals surface area contributed by atoms with E-state index >= 15 is 0 Å². The summed E-state index contributed by atoms with van der Waals surface area (Å²) in [6.07, 6.45) is 0. The Morgan fingerprint density at radius 1 is 1.08 bits per heavy atom. The van der Waals surface area contributed by atoms with Crippen LogP contribution in [0.1, 0.15) is 10.4 Å². The molecule has 128 valence electrons. The minimum atomic E-state index is -0.297. The number of rotatable bonds is 1. The van der Waals surface area contributed by atoms with E-state index in [1.54, 1.807) is 18.2 Å². The maximum atomic E-state index is 12.6. The van der Waals surface area contributed by atoms with Crippen LogP contribution >= 0.6 is 11.3 Å². The zero-order valence-corrected chi connectivity index (χ0v) is 14.7. The summed E-state index contributed by atoms with van der Waals surface area (Å²) in [7, 11) is 1.94. The molecule has 0 aliphatic carbocycles. The van der Waals surface area contributed by atoms with E-state index in [0.29, 0.717) is 21.9 Å². The largest absolute Gasteiger partial charge is 0.454 e. The van der Waals surface area contributed by atoms with Gasteiger partial charge in [0.15, 0.2) is 16.3 Å². The second-order valence-electron chi connectivity index (χ2n) is 6.06. The van der Waals surface area contributed by atoms with Gasteiger partial charge < -0.3 is 14.0 Å². The van der Waals surface area contributed by atoms with Crippen LogP contribution in [0.2, 0.25) is 0 Å². The van der Waals surface area contributed by atoms with E-state index in [-0.39, 0.29) is 12.7 Å². The van der Waals surface area contributed by atoms with Crippen LogP contribution in [0.5, 0.6) is 11.5 Å². The molecule has 3 aromatic carbocycles. The summed E-state index contributed by atoms with van der Waals surface area (Å²) >= 11 is 1.51. The molecule has 0 bridgehead atoms. The van der Waals surface area contributed by atoms with Gasteiger partial charge in [-0.05, 0) is 29.7 Å². The Balaban J connectivity index is 1.65. The molecular weight excluding hydrogens is 348 g/mol. The van der Waals surface area contributed by atoms with Crippen molar-refractivity contribution in [1.82, 2.24) is 4.57 Å². The molecule has 5 rings (SSSR count). The highest BCUT2D eigenvalue weighted by atomic mass is 32.1. The Kier molecular flexibility index (Phi) is 3.33. The lowest BCUT2D eigenvalue weighted by Gasteiger charge is -2.02. The number of aryl methyl sites for hydroxylation is 1. The van der Waals surface area contributed by atoms with Gasteiger partial charge in [-0.2, -0.15) is 4.99 Å². The molecule has 0 saturated heterocycles. The molecule has 1 aromatic heterocycles. The molecule has 0 unspecified atom stereocenters. The minimum Gasteiger partial charge on any atom is -0.454 e. The van der Waals surface area contributed by atoms with Crippen LogP contribution in [-0.2, 0) is 7.05 Å². The van der Waals surface area contributed by atoms with Crippen molar-refractivity contribution in [1.29, 1.82) is 0 Å². The van der Waals surface area contributed by atoms with Crippen LogP contribution in [0.15, 0.2) is 59.6 Å². The van der Waals surface area contributed by atoms with Crippen molar-refractivity contribution < 1.29 is 14.3 Å². The normalized spacial score (nSPS) is 13.7. The third-order valence-electron chi connectivity index (χ3n) is 4.50. The molecular formula is C20H14N2O3S. The fourth-order valence-corrected chi connectivity index (χ4v) is 4.24. The summed E-state index contributed by atoms with van der Waals surface area (Å²) < 4.78 is 13.7. The molecule has 0 fully saturated rings. The van der Waals surface area contributed by atoms with Crippen molar-refractivity contribution >= 4 is 38.2 Å². The van der Waals surface area contributed by atoms with Gasteiger partial charge in [0.25, 0.3) is 5.91 Å².